The van der Waals surface area contributed by atoms with Crippen LogP contribution in [0.3, 0.4) is 0 Å². The molecule has 0 spiro atoms. The molecule has 1 aromatic carbocycles. The van der Waals surface area contributed by atoms with Crippen LogP contribution in [-0.4, -0.2) is 32.0 Å². The van der Waals surface area contributed by atoms with Gasteiger partial charge in [0.1, 0.15) is 11.5 Å². The minimum absolute atomic E-state index is 0. The Morgan fingerprint density at radius 3 is 2.70 bits per heavy atom. The second-order valence-electron chi connectivity index (χ2n) is 6.01. The zero-order valence-corrected chi connectivity index (χ0v) is 17.0. The summed E-state index contributed by atoms with van der Waals surface area (Å²) < 4.78 is 47.0. The van der Waals surface area contributed by atoms with Gasteiger partial charge in [0.25, 0.3) is 0 Å². The first kappa shape index (κ1) is 21.4. The van der Waals surface area contributed by atoms with Crippen LogP contribution in [0, 0.1) is 0 Å². The van der Waals surface area contributed by atoms with Crippen LogP contribution in [0.1, 0.15) is 23.7 Å². The number of nitrogens with one attached hydrogen (secondary N) is 2. The zero-order valence-electron chi connectivity index (χ0n) is 14.6. The molecule has 0 bridgehead atoms. The number of benzene rings is 1. The Bertz CT molecular complexity index is 751. The first-order valence-corrected chi connectivity index (χ1v) is 8.30. The van der Waals surface area contributed by atoms with E-state index in [4.69, 9.17) is 4.42 Å². The number of ether oxygens (including phenoxy) is 1. The summed E-state index contributed by atoms with van der Waals surface area (Å²) >= 11 is 0. The van der Waals surface area contributed by atoms with Gasteiger partial charge in [0.15, 0.2) is 5.96 Å². The maximum absolute atomic E-state index is 12.5. The lowest BCUT2D eigenvalue weighted by Gasteiger charge is -2.14. The molecule has 0 aliphatic heterocycles. The third-order valence-electron chi connectivity index (χ3n) is 4.12. The SMILES string of the molecule is CN=C(NCCc1ccco1)NC1CC1c1ccccc1OC(F)(F)F.I. The van der Waals surface area contributed by atoms with Crippen LogP contribution in [-0.2, 0) is 6.42 Å². The standard InChI is InChI=1S/C18H20F3N3O2.HI/c1-22-17(23-9-8-12-5-4-10-25-12)24-15-11-14(15)13-6-2-3-7-16(13)26-18(19,20)21;/h2-7,10,14-15H,8-9,11H2,1H3,(H2,22,23,24);1H. The largest absolute Gasteiger partial charge is 0.573 e. The first-order valence-electron chi connectivity index (χ1n) is 8.30. The van der Waals surface area contributed by atoms with Crippen molar-refractivity contribution in [3.05, 3.63) is 54.0 Å². The molecule has 1 saturated carbocycles. The number of guanidine groups is 1. The van der Waals surface area contributed by atoms with Crippen molar-refractivity contribution < 1.29 is 22.3 Å². The van der Waals surface area contributed by atoms with Crippen LogP contribution in [0.5, 0.6) is 5.75 Å². The molecule has 1 aliphatic carbocycles. The Labute approximate surface area is 172 Å². The molecular formula is C18H21F3IN3O2. The molecule has 2 unspecified atom stereocenters. The Morgan fingerprint density at radius 2 is 2.04 bits per heavy atom. The maximum atomic E-state index is 12.5. The lowest BCUT2D eigenvalue weighted by Crippen LogP contribution is -2.39. The van der Waals surface area contributed by atoms with Crippen molar-refractivity contribution in [1.29, 1.82) is 0 Å². The van der Waals surface area contributed by atoms with E-state index in [1.165, 1.54) is 12.1 Å². The summed E-state index contributed by atoms with van der Waals surface area (Å²) in [7, 11) is 1.65. The van der Waals surface area contributed by atoms with E-state index in [-0.39, 0.29) is 41.7 Å². The van der Waals surface area contributed by atoms with Gasteiger partial charge in [-0.3, -0.25) is 4.99 Å². The van der Waals surface area contributed by atoms with E-state index >= 15 is 0 Å². The normalized spacial score (nSPS) is 19.2. The van der Waals surface area contributed by atoms with Crippen molar-refractivity contribution in [3.63, 3.8) is 0 Å². The Morgan fingerprint density at radius 1 is 1.26 bits per heavy atom. The van der Waals surface area contributed by atoms with Crippen molar-refractivity contribution in [2.45, 2.75) is 31.2 Å². The number of nitrogens with zero attached hydrogens (tertiary/aromatic N) is 1. The van der Waals surface area contributed by atoms with Crippen LogP contribution in [0.15, 0.2) is 52.1 Å². The molecular weight excluding hydrogens is 474 g/mol. The van der Waals surface area contributed by atoms with Gasteiger partial charge in [0.05, 0.1) is 6.26 Å². The number of rotatable bonds is 6. The molecule has 1 fully saturated rings. The van der Waals surface area contributed by atoms with Crippen molar-refractivity contribution in [2.75, 3.05) is 13.6 Å². The summed E-state index contributed by atoms with van der Waals surface area (Å²) in [5, 5.41) is 6.40. The molecule has 9 heteroatoms. The fourth-order valence-electron chi connectivity index (χ4n) is 2.83. The highest BCUT2D eigenvalue weighted by atomic mass is 127. The van der Waals surface area contributed by atoms with E-state index in [0.717, 1.165) is 12.2 Å². The van der Waals surface area contributed by atoms with E-state index in [9.17, 15) is 13.2 Å². The van der Waals surface area contributed by atoms with Crippen molar-refractivity contribution in [2.24, 2.45) is 4.99 Å². The monoisotopic (exact) mass is 495 g/mol. The molecule has 148 valence electrons. The van der Waals surface area contributed by atoms with Crippen molar-refractivity contribution in [1.82, 2.24) is 10.6 Å². The Balaban J connectivity index is 0.00000261. The van der Waals surface area contributed by atoms with E-state index in [1.807, 2.05) is 12.1 Å². The third kappa shape index (κ3) is 6.33. The van der Waals surface area contributed by atoms with Gasteiger partial charge in [-0.2, -0.15) is 0 Å². The average Bonchev–Trinajstić information content (AvgIpc) is 3.14. The quantitative estimate of drug-likeness (QED) is 0.361. The molecule has 5 nitrogen and oxygen atoms in total. The minimum Gasteiger partial charge on any atom is -0.469 e. The summed E-state index contributed by atoms with van der Waals surface area (Å²) in [5.74, 6) is 1.29. The summed E-state index contributed by atoms with van der Waals surface area (Å²) in [6.45, 7) is 0.637. The number of furan rings is 1. The van der Waals surface area contributed by atoms with Crippen molar-refractivity contribution >= 4 is 29.9 Å². The number of para-hydroxylation sites is 1. The van der Waals surface area contributed by atoms with Gasteiger partial charge in [0.2, 0.25) is 0 Å². The fraction of sp³-hybridized carbons (Fsp3) is 0.389. The van der Waals surface area contributed by atoms with Crippen LogP contribution < -0.4 is 15.4 Å². The Kier molecular flexibility index (Phi) is 7.40. The number of hydrogen-bond donors (Lipinski definition) is 2. The van der Waals surface area contributed by atoms with Gasteiger partial charge in [-0.25, -0.2) is 0 Å². The molecule has 2 atom stereocenters. The van der Waals surface area contributed by atoms with Crippen molar-refractivity contribution in [3.8, 4) is 5.75 Å². The second-order valence-corrected chi connectivity index (χ2v) is 6.01. The molecule has 3 rings (SSSR count). The topological polar surface area (TPSA) is 58.8 Å². The van der Waals surface area contributed by atoms with Gasteiger partial charge in [-0.15, -0.1) is 37.1 Å². The third-order valence-corrected chi connectivity index (χ3v) is 4.12. The lowest BCUT2D eigenvalue weighted by molar-refractivity contribution is -0.274. The zero-order chi connectivity index (χ0) is 18.6. The molecule has 1 aliphatic rings. The van der Waals surface area contributed by atoms with Gasteiger partial charge in [0, 0.05) is 32.0 Å². The summed E-state index contributed by atoms with van der Waals surface area (Å²) in [4.78, 5) is 4.15. The van der Waals surface area contributed by atoms with E-state index < -0.39 is 6.36 Å². The van der Waals surface area contributed by atoms with Gasteiger partial charge < -0.3 is 19.8 Å². The molecule has 27 heavy (non-hydrogen) atoms. The highest BCUT2D eigenvalue weighted by Crippen LogP contribution is 2.45. The van der Waals surface area contributed by atoms with Crippen LogP contribution in [0.25, 0.3) is 0 Å². The predicted molar refractivity (Wildman–Crippen MR) is 107 cm³/mol. The molecule has 0 amide bonds. The van der Waals surface area contributed by atoms with Gasteiger partial charge in [-0.05, 0) is 30.2 Å². The van der Waals surface area contributed by atoms with Gasteiger partial charge >= 0.3 is 6.36 Å². The number of aliphatic imine (C=N–C) groups is 1. The molecule has 2 N–H and O–H groups in total. The molecule has 1 aromatic heterocycles. The summed E-state index contributed by atoms with van der Waals surface area (Å²) in [6, 6.07) is 10.00. The second kappa shape index (κ2) is 9.34. The average molecular weight is 495 g/mol. The predicted octanol–water partition coefficient (Wildman–Crippen LogP) is 4.06. The van der Waals surface area contributed by atoms with E-state index in [2.05, 4.69) is 20.4 Å². The fourth-order valence-corrected chi connectivity index (χ4v) is 2.83. The molecule has 0 saturated heterocycles. The minimum atomic E-state index is -4.70. The lowest BCUT2D eigenvalue weighted by atomic mass is 10.1. The highest BCUT2D eigenvalue weighted by Gasteiger charge is 2.42. The maximum Gasteiger partial charge on any atom is 0.573 e. The molecule has 1 heterocycles. The number of halogens is 4. The van der Waals surface area contributed by atoms with Crippen LogP contribution >= 0.6 is 24.0 Å². The number of alkyl halides is 3. The van der Waals surface area contributed by atoms with Crippen LogP contribution in [0.2, 0.25) is 0 Å². The van der Waals surface area contributed by atoms with E-state index in [1.54, 1.807) is 25.4 Å². The smallest absolute Gasteiger partial charge is 0.469 e. The van der Waals surface area contributed by atoms with E-state index in [0.29, 0.717) is 24.5 Å². The molecule has 0 radical (unpaired) electrons. The van der Waals surface area contributed by atoms with Gasteiger partial charge in [-0.1, -0.05) is 18.2 Å². The number of hydrogen-bond acceptors (Lipinski definition) is 3. The first-order chi connectivity index (χ1) is 12.5. The highest BCUT2D eigenvalue weighted by molar-refractivity contribution is 14.0. The summed E-state index contributed by atoms with van der Waals surface area (Å²) in [6.07, 6.45) is -1.64. The van der Waals surface area contributed by atoms with Crippen LogP contribution in [0.4, 0.5) is 13.2 Å². The summed E-state index contributed by atoms with van der Waals surface area (Å²) in [5.41, 5.74) is 0.549. The molecule has 2 aromatic rings. The Hall–Kier alpha value is -1.91.